The zero-order valence-corrected chi connectivity index (χ0v) is 11.7. The molecule has 2 nitrogen and oxygen atoms in total. The van der Waals surface area contributed by atoms with E-state index in [2.05, 4.69) is 29.6 Å². The van der Waals surface area contributed by atoms with Gasteiger partial charge in [-0.1, -0.05) is 18.2 Å². The van der Waals surface area contributed by atoms with E-state index in [4.69, 9.17) is 4.74 Å². The number of thioether (sulfide) groups is 1. The van der Waals surface area contributed by atoms with Crippen molar-refractivity contribution in [3.63, 3.8) is 0 Å². The predicted octanol–water partition coefficient (Wildman–Crippen LogP) is 2.94. The minimum atomic E-state index is -0.393. The lowest BCUT2D eigenvalue weighted by atomic mass is 10.0. The molecule has 0 saturated carbocycles. The Kier molecular flexibility index (Phi) is 3.89. The van der Waals surface area contributed by atoms with Crippen LogP contribution < -0.4 is 0 Å². The van der Waals surface area contributed by atoms with Crippen molar-refractivity contribution in [3.05, 3.63) is 35.2 Å². The van der Waals surface area contributed by atoms with Crippen molar-refractivity contribution in [1.82, 2.24) is 0 Å². The molecule has 2 unspecified atom stereocenters. The fraction of sp³-hybridized carbons (Fsp3) is 0.429. The molecule has 0 spiro atoms. The summed E-state index contributed by atoms with van der Waals surface area (Å²) in [5, 5.41) is 13.7. The molecule has 4 heteroatoms. The van der Waals surface area contributed by atoms with Crippen molar-refractivity contribution < 1.29 is 9.84 Å². The average Bonchev–Trinajstić information content (AvgIpc) is 2.83. The highest BCUT2D eigenvalue weighted by molar-refractivity contribution is 7.99. The lowest BCUT2D eigenvalue weighted by Gasteiger charge is -2.26. The van der Waals surface area contributed by atoms with Gasteiger partial charge in [-0.15, -0.1) is 11.3 Å². The van der Waals surface area contributed by atoms with Crippen LogP contribution in [-0.2, 0) is 11.2 Å². The maximum absolute atomic E-state index is 10.3. The first-order valence-corrected chi connectivity index (χ1v) is 8.20. The first-order chi connectivity index (χ1) is 8.84. The van der Waals surface area contributed by atoms with Gasteiger partial charge in [0.15, 0.2) is 0 Å². The van der Waals surface area contributed by atoms with Crippen molar-refractivity contribution in [2.45, 2.75) is 18.6 Å². The second-order valence-corrected chi connectivity index (χ2v) is 6.57. The van der Waals surface area contributed by atoms with Crippen LogP contribution in [0.25, 0.3) is 10.1 Å². The van der Waals surface area contributed by atoms with Gasteiger partial charge in [0.05, 0.1) is 18.8 Å². The zero-order chi connectivity index (χ0) is 12.4. The summed E-state index contributed by atoms with van der Waals surface area (Å²) in [6.07, 6.45) is 0.285. The molecule has 2 aromatic rings. The van der Waals surface area contributed by atoms with Crippen LogP contribution in [0.4, 0.5) is 0 Å². The molecule has 0 aliphatic carbocycles. The molecule has 18 heavy (non-hydrogen) atoms. The van der Waals surface area contributed by atoms with Gasteiger partial charge >= 0.3 is 0 Å². The summed E-state index contributed by atoms with van der Waals surface area (Å²) in [7, 11) is 0. The molecule has 2 heterocycles. The van der Waals surface area contributed by atoms with Crippen LogP contribution in [0.5, 0.6) is 0 Å². The maximum Gasteiger partial charge on any atom is 0.0927 e. The SMILES string of the molecule is OC(Cc1csc2ccccc12)C1CSCCO1. The van der Waals surface area contributed by atoms with Crippen LogP contribution >= 0.6 is 23.1 Å². The van der Waals surface area contributed by atoms with E-state index in [9.17, 15) is 5.11 Å². The minimum Gasteiger partial charge on any atom is -0.390 e. The Morgan fingerprint density at radius 2 is 2.28 bits per heavy atom. The number of ether oxygens (including phenoxy) is 1. The summed E-state index contributed by atoms with van der Waals surface area (Å²) < 4.78 is 6.92. The van der Waals surface area contributed by atoms with Gasteiger partial charge in [0.2, 0.25) is 0 Å². The zero-order valence-electron chi connectivity index (χ0n) is 10.0. The number of hydrogen-bond donors (Lipinski definition) is 1. The Bertz CT molecular complexity index is 517. The standard InChI is InChI=1S/C14H16O2S2/c15-12(13-9-17-6-5-16-13)7-10-8-18-14-4-2-1-3-11(10)14/h1-4,8,12-13,15H,5-7,9H2. The van der Waals surface area contributed by atoms with E-state index >= 15 is 0 Å². The van der Waals surface area contributed by atoms with Crippen LogP contribution in [0.2, 0.25) is 0 Å². The molecule has 1 aromatic carbocycles. The molecule has 1 aliphatic heterocycles. The summed E-state index contributed by atoms with van der Waals surface area (Å²) in [5.74, 6) is 1.95. The van der Waals surface area contributed by atoms with Gasteiger partial charge in [-0.05, 0) is 22.4 Å². The van der Waals surface area contributed by atoms with Gasteiger partial charge < -0.3 is 9.84 Å². The van der Waals surface area contributed by atoms with Crippen molar-refractivity contribution >= 4 is 33.2 Å². The van der Waals surface area contributed by atoms with Crippen LogP contribution in [0, 0.1) is 0 Å². The normalized spacial score (nSPS) is 22.2. The van der Waals surface area contributed by atoms with Crippen molar-refractivity contribution in [2.24, 2.45) is 0 Å². The molecule has 1 aliphatic rings. The molecule has 1 fully saturated rings. The number of thiophene rings is 1. The number of rotatable bonds is 3. The topological polar surface area (TPSA) is 29.5 Å². The number of hydrogen-bond acceptors (Lipinski definition) is 4. The van der Waals surface area contributed by atoms with E-state index in [1.165, 1.54) is 15.6 Å². The van der Waals surface area contributed by atoms with Crippen LogP contribution in [-0.4, -0.2) is 35.4 Å². The van der Waals surface area contributed by atoms with E-state index in [1.807, 2.05) is 11.8 Å². The highest BCUT2D eigenvalue weighted by Gasteiger charge is 2.23. The maximum atomic E-state index is 10.3. The predicted molar refractivity (Wildman–Crippen MR) is 78.6 cm³/mol. The molecule has 96 valence electrons. The first-order valence-electron chi connectivity index (χ1n) is 6.17. The lowest BCUT2D eigenvalue weighted by Crippen LogP contribution is -2.36. The molecule has 1 N–H and O–H groups in total. The number of aliphatic hydroxyl groups is 1. The third-order valence-electron chi connectivity index (χ3n) is 3.26. The monoisotopic (exact) mass is 280 g/mol. The molecule has 3 rings (SSSR count). The summed E-state index contributed by atoms with van der Waals surface area (Å²) >= 11 is 3.61. The quantitative estimate of drug-likeness (QED) is 0.937. The van der Waals surface area contributed by atoms with Gasteiger partial charge in [0, 0.05) is 22.6 Å². The molecule has 1 aromatic heterocycles. The van der Waals surface area contributed by atoms with Gasteiger partial charge in [0.1, 0.15) is 0 Å². The summed E-state index contributed by atoms with van der Waals surface area (Å²) in [4.78, 5) is 0. The van der Waals surface area contributed by atoms with E-state index in [0.717, 1.165) is 18.1 Å². The second-order valence-electron chi connectivity index (χ2n) is 4.51. The van der Waals surface area contributed by atoms with Gasteiger partial charge in [-0.2, -0.15) is 11.8 Å². The average molecular weight is 280 g/mol. The van der Waals surface area contributed by atoms with Crippen LogP contribution in [0.15, 0.2) is 29.6 Å². The van der Waals surface area contributed by atoms with Gasteiger partial charge in [0.25, 0.3) is 0 Å². The molecular formula is C14H16O2S2. The van der Waals surface area contributed by atoms with Crippen molar-refractivity contribution in [3.8, 4) is 0 Å². The van der Waals surface area contributed by atoms with Gasteiger partial charge in [-0.3, -0.25) is 0 Å². The third-order valence-corrected chi connectivity index (χ3v) is 5.29. The smallest absolute Gasteiger partial charge is 0.0927 e. The molecule has 0 bridgehead atoms. The number of aliphatic hydroxyl groups excluding tert-OH is 1. The highest BCUT2D eigenvalue weighted by atomic mass is 32.2. The van der Waals surface area contributed by atoms with Crippen molar-refractivity contribution in [2.75, 3.05) is 18.1 Å². The fourth-order valence-corrected chi connectivity index (χ4v) is 4.18. The molecule has 0 amide bonds. The fourth-order valence-electron chi connectivity index (χ4n) is 2.28. The number of benzene rings is 1. The Hall–Kier alpha value is -0.550. The van der Waals surface area contributed by atoms with E-state index < -0.39 is 6.10 Å². The Morgan fingerprint density at radius 3 is 3.11 bits per heavy atom. The van der Waals surface area contributed by atoms with E-state index in [-0.39, 0.29) is 6.10 Å². The largest absolute Gasteiger partial charge is 0.390 e. The summed E-state index contributed by atoms with van der Waals surface area (Å²) in [5.41, 5.74) is 1.24. The minimum absolute atomic E-state index is 0.0117. The summed E-state index contributed by atoms with van der Waals surface area (Å²) in [6, 6.07) is 8.37. The molecule has 0 radical (unpaired) electrons. The van der Waals surface area contributed by atoms with E-state index in [1.54, 1.807) is 11.3 Å². The Labute approximate surface area is 115 Å². The lowest BCUT2D eigenvalue weighted by molar-refractivity contribution is -0.0206. The highest BCUT2D eigenvalue weighted by Crippen LogP contribution is 2.28. The summed E-state index contributed by atoms with van der Waals surface area (Å²) in [6.45, 7) is 0.761. The Morgan fingerprint density at radius 1 is 1.39 bits per heavy atom. The molecule has 1 saturated heterocycles. The van der Waals surface area contributed by atoms with Gasteiger partial charge in [-0.25, -0.2) is 0 Å². The molecule has 2 atom stereocenters. The van der Waals surface area contributed by atoms with Crippen molar-refractivity contribution in [1.29, 1.82) is 0 Å². The van der Waals surface area contributed by atoms with Crippen LogP contribution in [0.3, 0.4) is 0 Å². The third kappa shape index (κ3) is 2.57. The number of fused-ring (bicyclic) bond motifs is 1. The Balaban J connectivity index is 1.75. The van der Waals surface area contributed by atoms with E-state index in [0.29, 0.717) is 6.42 Å². The van der Waals surface area contributed by atoms with Crippen LogP contribution in [0.1, 0.15) is 5.56 Å². The first kappa shape index (κ1) is 12.5. The second kappa shape index (κ2) is 5.61. The molecular weight excluding hydrogens is 264 g/mol.